The highest BCUT2D eigenvalue weighted by molar-refractivity contribution is 5.58. The quantitative estimate of drug-likeness (QED) is 0.649. The minimum Gasteiger partial charge on any atom is -0.487 e. The number of hydrogen-bond donors (Lipinski definition) is 1. The van der Waals surface area contributed by atoms with Crippen LogP contribution in [0.2, 0.25) is 0 Å². The van der Waals surface area contributed by atoms with Crippen molar-refractivity contribution in [2.24, 2.45) is 0 Å². The van der Waals surface area contributed by atoms with Gasteiger partial charge in [-0.2, -0.15) is 0 Å². The first-order valence-corrected chi connectivity index (χ1v) is 6.52. The zero-order valence-corrected chi connectivity index (χ0v) is 11.9. The first-order chi connectivity index (χ1) is 10.1. The highest BCUT2D eigenvalue weighted by Gasteiger charge is 2.15. The molecule has 1 aromatic heterocycles. The molecular weight excluding hydrogens is 272 g/mol. The number of ether oxygens (including phenoxy) is 1. The third-order valence-corrected chi connectivity index (χ3v) is 2.76. The lowest BCUT2D eigenvalue weighted by molar-refractivity contribution is -0.385. The number of anilines is 1. The molecule has 7 heteroatoms. The van der Waals surface area contributed by atoms with Gasteiger partial charge in [0.25, 0.3) is 0 Å². The molecule has 1 heterocycles. The average molecular weight is 288 g/mol. The van der Waals surface area contributed by atoms with E-state index in [1.165, 1.54) is 6.07 Å². The van der Waals surface area contributed by atoms with Gasteiger partial charge in [0.05, 0.1) is 35.7 Å². The third-order valence-electron chi connectivity index (χ3n) is 2.76. The van der Waals surface area contributed by atoms with E-state index in [1.807, 2.05) is 6.92 Å². The molecule has 0 saturated heterocycles. The largest absolute Gasteiger partial charge is 0.487 e. The van der Waals surface area contributed by atoms with Crippen molar-refractivity contribution in [3.8, 4) is 5.75 Å². The van der Waals surface area contributed by atoms with Crippen LogP contribution < -0.4 is 10.1 Å². The Kier molecular flexibility index (Phi) is 4.65. The monoisotopic (exact) mass is 288 g/mol. The Morgan fingerprint density at radius 1 is 1.33 bits per heavy atom. The maximum absolute atomic E-state index is 10.9. The summed E-state index contributed by atoms with van der Waals surface area (Å²) in [6, 6.07) is 4.68. The van der Waals surface area contributed by atoms with E-state index in [-0.39, 0.29) is 11.4 Å². The molecule has 0 atom stereocenters. The fourth-order valence-corrected chi connectivity index (χ4v) is 1.75. The predicted octanol–water partition coefficient (Wildman–Crippen LogP) is 2.70. The molecule has 1 aromatic carbocycles. The van der Waals surface area contributed by atoms with Crippen molar-refractivity contribution in [2.75, 3.05) is 11.9 Å². The van der Waals surface area contributed by atoms with Gasteiger partial charge in [-0.05, 0) is 19.9 Å². The Bertz CT molecular complexity index is 629. The number of hydrogen-bond acceptors (Lipinski definition) is 6. The molecule has 0 aliphatic carbocycles. The van der Waals surface area contributed by atoms with Gasteiger partial charge in [-0.1, -0.05) is 0 Å². The number of benzene rings is 1. The van der Waals surface area contributed by atoms with Crippen molar-refractivity contribution in [3.63, 3.8) is 0 Å². The molecule has 21 heavy (non-hydrogen) atoms. The summed E-state index contributed by atoms with van der Waals surface area (Å²) in [6.07, 6.45) is 3.38. The van der Waals surface area contributed by atoms with E-state index in [0.717, 1.165) is 17.1 Å². The van der Waals surface area contributed by atoms with E-state index >= 15 is 0 Å². The average Bonchev–Trinajstić information content (AvgIpc) is 2.47. The minimum absolute atomic E-state index is 0.0440. The van der Waals surface area contributed by atoms with Crippen molar-refractivity contribution < 1.29 is 9.66 Å². The molecule has 0 fully saturated rings. The van der Waals surface area contributed by atoms with Crippen LogP contribution in [0, 0.1) is 17.0 Å². The molecule has 0 bridgehead atoms. The molecule has 7 nitrogen and oxygen atoms in total. The van der Waals surface area contributed by atoms with Crippen LogP contribution in [0.5, 0.6) is 5.75 Å². The maximum atomic E-state index is 10.9. The SMILES string of the molecule is CCOc1cc(NCc2cnc(C)cn2)ccc1[N+](=O)[O-]. The molecule has 0 spiro atoms. The predicted molar refractivity (Wildman–Crippen MR) is 78.4 cm³/mol. The van der Waals surface area contributed by atoms with E-state index in [0.29, 0.717) is 13.2 Å². The molecule has 1 N–H and O–H groups in total. The summed E-state index contributed by atoms with van der Waals surface area (Å²) in [5.74, 6) is 0.252. The molecule has 0 amide bonds. The second-order valence-electron chi connectivity index (χ2n) is 4.38. The Balaban J connectivity index is 2.11. The van der Waals surface area contributed by atoms with Gasteiger partial charge in [-0.3, -0.25) is 20.1 Å². The number of aromatic nitrogens is 2. The standard InChI is InChI=1S/C14H16N4O3/c1-3-21-14-6-11(4-5-13(14)18(19)20)17-9-12-8-15-10(2)7-16-12/h4-8,17H,3,9H2,1-2H3. The lowest BCUT2D eigenvalue weighted by Crippen LogP contribution is -2.04. The summed E-state index contributed by atoms with van der Waals surface area (Å²) in [6.45, 7) is 4.50. The second kappa shape index (κ2) is 6.65. The van der Waals surface area contributed by atoms with E-state index in [4.69, 9.17) is 4.74 Å². The van der Waals surface area contributed by atoms with Gasteiger partial charge in [-0.25, -0.2) is 0 Å². The number of rotatable bonds is 6. The highest BCUT2D eigenvalue weighted by Crippen LogP contribution is 2.30. The second-order valence-corrected chi connectivity index (χ2v) is 4.38. The zero-order valence-electron chi connectivity index (χ0n) is 11.9. The summed E-state index contributed by atoms with van der Waals surface area (Å²) in [7, 11) is 0. The first-order valence-electron chi connectivity index (χ1n) is 6.52. The first kappa shape index (κ1) is 14.7. The normalized spacial score (nSPS) is 10.2. The molecule has 110 valence electrons. The van der Waals surface area contributed by atoms with E-state index in [9.17, 15) is 10.1 Å². The van der Waals surface area contributed by atoms with Crippen molar-refractivity contribution in [3.05, 3.63) is 52.1 Å². The lowest BCUT2D eigenvalue weighted by atomic mass is 10.2. The highest BCUT2D eigenvalue weighted by atomic mass is 16.6. The van der Waals surface area contributed by atoms with Gasteiger partial charge < -0.3 is 10.1 Å². The molecule has 2 rings (SSSR count). The lowest BCUT2D eigenvalue weighted by Gasteiger charge is -2.09. The van der Waals surface area contributed by atoms with E-state index < -0.39 is 4.92 Å². The van der Waals surface area contributed by atoms with Crippen LogP contribution in [-0.2, 0) is 6.54 Å². The third kappa shape index (κ3) is 3.88. The molecule has 0 saturated carbocycles. The van der Waals surface area contributed by atoms with Crippen LogP contribution in [0.3, 0.4) is 0 Å². The topological polar surface area (TPSA) is 90.2 Å². The van der Waals surface area contributed by atoms with Gasteiger partial charge in [0.1, 0.15) is 0 Å². The fourth-order valence-electron chi connectivity index (χ4n) is 1.75. The van der Waals surface area contributed by atoms with Crippen LogP contribution in [0.25, 0.3) is 0 Å². The van der Waals surface area contributed by atoms with Crippen LogP contribution in [-0.4, -0.2) is 21.5 Å². The van der Waals surface area contributed by atoms with Crippen molar-refractivity contribution >= 4 is 11.4 Å². The van der Waals surface area contributed by atoms with Crippen molar-refractivity contribution in [1.82, 2.24) is 9.97 Å². The summed E-state index contributed by atoms with van der Waals surface area (Å²) in [5, 5.41) is 14.0. The van der Waals surface area contributed by atoms with Gasteiger partial charge >= 0.3 is 5.69 Å². The molecule has 0 aliphatic rings. The number of nitro groups is 1. The van der Waals surface area contributed by atoms with Crippen LogP contribution in [0.1, 0.15) is 18.3 Å². The molecule has 2 aromatic rings. The zero-order chi connectivity index (χ0) is 15.2. The summed E-state index contributed by atoms with van der Waals surface area (Å²) < 4.78 is 5.30. The molecular formula is C14H16N4O3. The maximum Gasteiger partial charge on any atom is 0.311 e. The Morgan fingerprint density at radius 2 is 2.14 bits per heavy atom. The van der Waals surface area contributed by atoms with Gasteiger partial charge in [-0.15, -0.1) is 0 Å². The smallest absolute Gasteiger partial charge is 0.311 e. The number of nitrogens with zero attached hydrogens (tertiary/aromatic N) is 3. The Hall–Kier alpha value is -2.70. The Labute approximate surface area is 122 Å². The molecule has 0 unspecified atom stereocenters. The van der Waals surface area contributed by atoms with Crippen LogP contribution >= 0.6 is 0 Å². The number of aryl methyl sites for hydroxylation is 1. The number of nitrogens with one attached hydrogen (secondary N) is 1. The summed E-state index contributed by atoms with van der Waals surface area (Å²) in [4.78, 5) is 18.8. The summed E-state index contributed by atoms with van der Waals surface area (Å²) in [5.41, 5.74) is 2.33. The molecule has 0 radical (unpaired) electrons. The summed E-state index contributed by atoms with van der Waals surface area (Å²) >= 11 is 0. The van der Waals surface area contributed by atoms with Gasteiger partial charge in [0.15, 0.2) is 5.75 Å². The number of nitro benzene ring substituents is 1. The van der Waals surface area contributed by atoms with Crippen LogP contribution in [0.4, 0.5) is 11.4 Å². The fraction of sp³-hybridized carbons (Fsp3) is 0.286. The van der Waals surface area contributed by atoms with Gasteiger partial charge in [0, 0.05) is 24.0 Å². The van der Waals surface area contributed by atoms with Crippen LogP contribution in [0.15, 0.2) is 30.6 Å². The molecule has 0 aliphatic heterocycles. The minimum atomic E-state index is -0.458. The van der Waals surface area contributed by atoms with Crippen molar-refractivity contribution in [1.29, 1.82) is 0 Å². The Morgan fingerprint density at radius 3 is 2.76 bits per heavy atom. The van der Waals surface area contributed by atoms with E-state index in [1.54, 1.807) is 31.5 Å². The van der Waals surface area contributed by atoms with Crippen molar-refractivity contribution in [2.45, 2.75) is 20.4 Å². The van der Waals surface area contributed by atoms with E-state index in [2.05, 4.69) is 15.3 Å². The van der Waals surface area contributed by atoms with Gasteiger partial charge in [0.2, 0.25) is 0 Å².